The second-order valence-corrected chi connectivity index (χ2v) is 9.25. The van der Waals surface area contributed by atoms with E-state index < -0.39 is 0 Å². The Morgan fingerprint density at radius 3 is 2.71 bits per heavy atom. The lowest BCUT2D eigenvalue weighted by Crippen LogP contribution is -2.36. The predicted octanol–water partition coefficient (Wildman–Crippen LogP) is 4.26. The van der Waals surface area contributed by atoms with Crippen LogP contribution >= 0.6 is 11.8 Å². The van der Waals surface area contributed by atoms with Crippen LogP contribution in [0.2, 0.25) is 0 Å². The van der Waals surface area contributed by atoms with Gasteiger partial charge in [-0.25, -0.2) is 13.9 Å². The van der Waals surface area contributed by atoms with E-state index in [1.165, 1.54) is 17.8 Å². The number of anilines is 2. The van der Waals surface area contributed by atoms with Crippen LogP contribution in [0.4, 0.5) is 15.8 Å². The highest BCUT2D eigenvalue weighted by Crippen LogP contribution is 2.26. The number of hydrogen-bond donors (Lipinski definition) is 1. The van der Waals surface area contributed by atoms with E-state index in [1.54, 1.807) is 22.7 Å². The third-order valence-electron chi connectivity index (χ3n) is 5.77. The molecule has 180 valence electrons. The van der Waals surface area contributed by atoms with Gasteiger partial charge >= 0.3 is 0 Å². The number of carbonyl (C=O) groups is 1. The first-order chi connectivity index (χ1) is 17.0. The highest BCUT2D eigenvalue weighted by Gasteiger charge is 2.17. The number of fused-ring (bicyclic) bond motifs is 1. The maximum absolute atomic E-state index is 14.8. The fourth-order valence-electron chi connectivity index (χ4n) is 4.06. The zero-order valence-corrected chi connectivity index (χ0v) is 20.3. The minimum Gasteiger partial charge on any atom is -0.378 e. The van der Waals surface area contributed by atoms with E-state index in [0.717, 1.165) is 17.0 Å². The van der Waals surface area contributed by atoms with E-state index >= 15 is 0 Å². The molecule has 35 heavy (non-hydrogen) atoms. The number of carbonyl (C=O) groups excluding carboxylic acids is 1. The molecule has 5 rings (SSSR count). The zero-order valence-electron chi connectivity index (χ0n) is 19.5. The molecule has 0 atom stereocenters. The Bertz CT molecular complexity index is 1390. The number of aryl methyl sites for hydroxylation is 2. The molecular weight excluding hydrogens is 467 g/mol. The second kappa shape index (κ2) is 10.0. The number of hydrogen-bond acceptors (Lipinski definition) is 7. The van der Waals surface area contributed by atoms with Crippen LogP contribution in [-0.4, -0.2) is 51.8 Å². The number of amides is 1. The standard InChI is InChI=1S/C25H25FN6O2S/c1-16-13-17(2)32-24(27-16)29-25(30-32)35-15-18-5-3-4-6-20(18)23(33)28-19-7-8-22(21(26)14-19)31-9-11-34-12-10-31/h3-8,13-14H,9-12,15H2,1-2H3,(H,28,33). The maximum Gasteiger partial charge on any atom is 0.255 e. The number of aromatic nitrogens is 4. The fraction of sp³-hybridized carbons (Fsp3) is 0.280. The van der Waals surface area contributed by atoms with Crippen LogP contribution in [0, 0.1) is 19.7 Å². The summed E-state index contributed by atoms with van der Waals surface area (Å²) in [6.45, 7) is 6.32. The zero-order chi connectivity index (χ0) is 24.4. The molecule has 8 nitrogen and oxygen atoms in total. The summed E-state index contributed by atoms with van der Waals surface area (Å²) in [5, 5.41) is 7.93. The highest BCUT2D eigenvalue weighted by molar-refractivity contribution is 7.98. The molecule has 1 aliphatic rings. The number of thioether (sulfide) groups is 1. The Balaban J connectivity index is 1.29. The molecule has 0 bridgehead atoms. The number of rotatable bonds is 6. The summed E-state index contributed by atoms with van der Waals surface area (Å²) < 4.78 is 21.8. The Morgan fingerprint density at radius 1 is 1.11 bits per heavy atom. The number of nitrogens with one attached hydrogen (secondary N) is 1. The van der Waals surface area contributed by atoms with Gasteiger partial charge in [-0.2, -0.15) is 4.98 Å². The molecule has 1 aliphatic heterocycles. The highest BCUT2D eigenvalue weighted by atomic mass is 32.2. The molecule has 1 saturated heterocycles. The van der Waals surface area contributed by atoms with Crippen LogP contribution in [0.5, 0.6) is 0 Å². The van der Waals surface area contributed by atoms with Gasteiger partial charge in [0.25, 0.3) is 11.7 Å². The van der Waals surface area contributed by atoms with Crippen LogP contribution in [0.25, 0.3) is 5.78 Å². The molecule has 0 aliphatic carbocycles. The molecule has 10 heteroatoms. The van der Waals surface area contributed by atoms with Crippen LogP contribution < -0.4 is 10.2 Å². The molecule has 2 aromatic carbocycles. The van der Waals surface area contributed by atoms with Crippen LogP contribution in [0.15, 0.2) is 53.7 Å². The molecule has 2 aromatic heterocycles. The van der Waals surface area contributed by atoms with Gasteiger partial charge in [0.05, 0.1) is 18.9 Å². The van der Waals surface area contributed by atoms with E-state index in [4.69, 9.17) is 4.74 Å². The summed E-state index contributed by atoms with van der Waals surface area (Å²) in [5.74, 6) is 0.392. The Labute approximate surface area is 206 Å². The lowest BCUT2D eigenvalue weighted by molar-refractivity contribution is 0.102. The van der Waals surface area contributed by atoms with Gasteiger partial charge in [-0.15, -0.1) is 5.10 Å². The second-order valence-electron chi connectivity index (χ2n) is 8.31. The lowest BCUT2D eigenvalue weighted by Gasteiger charge is -2.29. The third-order valence-corrected chi connectivity index (χ3v) is 6.66. The first kappa shape index (κ1) is 23.3. The quantitative estimate of drug-likeness (QED) is 0.403. The van der Waals surface area contributed by atoms with Crippen LogP contribution in [0.1, 0.15) is 27.3 Å². The van der Waals surface area contributed by atoms with Gasteiger partial charge in [-0.1, -0.05) is 30.0 Å². The van der Waals surface area contributed by atoms with Crippen LogP contribution in [0.3, 0.4) is 0 Å². The molecule has 0 spiro atoms. The minimum absolute atomic E-state index is 0.296. The molecule has 3 heterocycles. The van der Waals surface area contributed by atoms with Crippen molar-refractivity contribution >= 4 is 34.8 Å². The summed E-state index contributed by atoms with van der Waals surface area (Å²) in [5.41, 5.74) is 4.12. The van der Waals surface area contributed by atoms with Gasteiger partial charge in [-0.05, 0) is 49.7 Å². The number of morpholine rings is 1. The smallest absolute Gasteiger partial charge is 0.255 e. The average molecular weight is 493 g/mol. The molecule has 0 radical (unpaired) electrons. The molecule has 4 aromatic rings. The van der Waals surface area contributed by atoms with E-state index in [0.29, 0.717) is 59.9 Å². The van der Waals surface area contributed by atoms with Crippen molar-refractivity contribution in [2.24, 2.45) is 0 Å². The van der Waals surface area contributed by atoms with Crippen molar-refractivity contribution in [2.45, 2.75) is 24.8 Å². The number of nitrogens with zero attached hydrogens (tertiary/aromatic N) is 5. The normalized spacial score (nSPS) is 13.9. The van der Waals surface area contributed by atoms with E-state index in [-0.39, 0.29) is 11.7 Å². The maximum atomic E-state index is 14.8. The van der Waals surface area contributed by atoms with Crippen molar-refractivity contribution in [3.63, 3.8) is 0 Å². The molecule has 1 amide bonds. The fourth-order valence-corrected chi connectivity index (χ4v) is 4.88. The van der Waals surface area contributed by atoms with E-state index in [2.05, 4.69) is 20.4 Å². The van der Waals surface area contributed by atoms with Crippen molar-refractivity contribution in [3.05, 3.63) is 76.9 Å². The summed E-state index contributed by atoms with van der Waals surface area (Å²) >= 11 is 1.43. The largest absolute Gasteiger partial charge is 0.378 e. The monoisotopic (exact) mass is 492 g/mol. The van der Waals surface area contributed by atoms with Crippen LogP contribution in [-0.2, 0) is 10.5 Å². The number of benzene rings is 2. The topological polar surface area (TPSA) is 84.7 Å². The Hall–Kier alpha value is -3.50. The molecule has 1 N–H and O–H groups in total. The van der Waals surface area contributed by atoms with E-state index in [1.807, 2.05) is 43.0 Å². The first-order valence-electron chi connectivity index (χ1n) is 11.3. The Morgan fingerprint density at radius 2 is 1.91 bits per heavy atom. The van der Waals surface area contributed by atoms with Crippen molar-refractivity contribution in [1.29, 1.82) is 0 Å². The summed E-state index contributed by atoms with van der Waals surface area (Å²) in [6, 6.07) is 14.1. The van der Waals surface area contributed by atoms with Crippen molar-refractivity contribution in [2.75, 3.05) is 36.5 Å². The SMILES string of the molecule is Cc1cc(C)n2nc(SCc3ccccc3C(=O)Nc3ccc(N4CCOCC4)c(F)c3)nc2n1. The molecule has 0 unspecified atom stereocenters. The van der Waals surface area contributed by atoms with E-state index in [9.17, 15) is 9.18 Å². The average Bonchev–Trinajstić information content (AvgIpc) is 3.27. The number of ether oxygens (including phenoxy) is 1. The first-order valence-corrected chi connectivity index (χ1v) is 12.3. The minimum atomic E-state index is -0.370. The van der Waals surface area contributed by atoms with Gasteiger partial charge in [0.2, 0.25) is 5.16 Å². The molecule has 1 fully saturated rings. The number of halogens is 1. The van der Waals surface area contributed by atoms with Gasteiger partial charge < -0.3 is 15.0 Å². The van der Waals surface area contributed by atoms with Gasteiger partial charge in [0, 0.05) is 41.5 Å². The van der Waals surface area contributed by atoms with Crippen molar-refractivity contribution < 1.29 is 13.9 Å². The van der Waals surface area contributed by atoms with Gasteiger partial charge in [0.1, 0.15) is 5.82 Å². The van der Waals surface area contributed by atoms with Gasteiger partial charge in [-0.3, -0.25) is 4.79 Å². The summed E-state index contributed by atoms with van der Waals surface area (Å²) in [7, 11) is 0. The third kappa shape index (κ3) is 5.13. The molecule has 0 saturated carbocycles. The summed E-state index contributed by atoms with van der Waals surface area (Å²) in [4.78, 5) is 23.9. The van der Waals surface area contributed by atoms with Crippen molar-refractivity contribution in [1.82, 2.24) is 19.6 Å². The van der Waals surface area contributed by atoms with Crippen molar-refractivity contribution in [3.8, 4) is 0 Å². The Kier molecular flexibility index (Phi) is 6.65. The lowest BCUT2D eigenvalue weighted by atomic mass is 10.1. The molecular formula is C25H25FN6O2S. The summed E-state index contributed by atoms with van der Waals surface area (Å²) in [6.07, 6.45) is 0. The van der Waals surface area contributed by atoms with Gasteiger partial charge in [0.15, 0.2) is 0 Å². The predicted molar refractivity (Wildman–Crippen MR) is 134 cm³/mol.